The van der Waals surface area contributed by atoms with Crippen LogP contribution >= 0.6 is 11.6 Å². The lowest BCUT2D eigenvalue weighted by atomic mass is 9.71. The molecule has 138 valence electrons. The Morgan fingerprint density at radius 2 is 1.88 bits per heavy atom. The second-order valence-corrected chi connectivity index (χ2v) is 6.65. The second-order valence-electron chi connectivity index (χ2n) is 6.21. The second kappa shape index (κ2) is 6.50. The maximum absolute atomic E-state index is 13.0. The van der Waals surface area contributed by atoms with Crippen LogP contribution in [0.1, 0.15) is 36.5 Å². The minimum Gasteiger partial charge on any atom is -0.496 e. The zero-order valence-corrected chi connectivity index (χ0v) is 15.0. The summed E-state index contributed by atoms with van der Waals surface area (Å²) < 4.78 is 44.5. The first-order valence-electron chi connectivity index (χ1n) is 8.11. The van der Waals surface area contributed by atoms with Crippen molar-refractivity contribution in [2.75, 3.05) is 12.4 Å². The molecule has 3 rings (SSSR count). The first-order chi connectivity index (χ1) is 12.2. The number of amides is 1. The normalized spacial score (nSPS) is 19.2. The molecule has 1 aliphatic rings. The van der Waals surface area contributed by atoms with E-state index in [4.69, 9.17) is 16.3 Å². The molecule has 3 nitrogen and oxygen atoms in total. The van der Waals surface area contributed by atoms with E-state index in [1.165, 1.54) is 13.2 Å². The Bertz CT molecular complexity index is 866. The third-order valence-electron chi connectivity index (χ3n) is 4.69. The van der Waals surface area contributed by atoms with E-state index in [1.54, 1.807) is 18.2 Å². The fourth-order valence-corrected chi connectivity index (χ4v) is 3.76. The first-order valence-corrected chi connectivity index (χ1v) is 8.49. The molecule has 0 aromatic heterocycles. The van der Waals surface area contributed by atoms with E-state index in [9.17, 15) is 18.0 Å². The van der Waals surface area contributed by atoms with Crippen molar-refractivity contribution >= 4 is 23.2 Å². The Morgan fingerprint density at radius 1 is 1.15 bits per heavy atom. The number of methoxy groups -OCH3 is 1. The van der Waals surface area contributed by atoms with Gasteiger partial charge in [-0.25, -0.2) is 0 Å². The predicted molar refractivity (Wildman–Crippen MR) is 93.8 cm³/mol. The largest absolute Gasteiger partial charge is 0.496 e. The van der Waals surface area contributed by atoms with E-state index in [0.29, 0.717) is 34.7 Å². The summed E-state index contributed by atoms with van der Waals surface area (Å²) in [4.78, 5) is 13.0. The highest BCUT2D eigenvalue weighted by molar-refractivity contribution is 6.30. The molecule has 0 aliphatic carbocycles. The van der Waals surface area contributed by atoms with Gasteiger partial charge in [-0.15, -0.1) is 0 Å². The molecule has 0 radical (unpaired) electrons. The van der Waals surface area contributed by atoms with Crippen LogP contribution in [-0.4, -0.2) is 13.0 Å². The first kappa shape index (κ1) is 18.6. The van der Waals surface area contributed by atoms with Gasteiger partial charge in [-0.2, -0.15) is 13.2 Å². The number of benzene rings is 2. The number of carbonyl (C=O) groups excluding carboxylic acids is 1. The highest BCUT2D eigenvalue weighted by atomic mass is 35.5. The van der Waals surface area contributed by atoms with Crippen molar-refractivity contribution in [2.24, 2.45) is 0 Å². The van der Waals surface area contributed by atoms with Crippen LogP contribution in [-0.2, 0) is 16.4 Å². The molecule has 0 bridgehead atoms. The molecule has 1 aliphatic heterocycles. The van der Waals surface area contributed by atoms with Gasteiger partial charge in [0.2, 0.25) is 5.91 Å². The smallest absolute Gasteiger partial charge is 0.416 e. The third-order valence-corrected chi connectivity index (χ3v) is 4.92. The number of ether oxygens (including phenoxy) is 1. The molecule has 0 spiro atoms. The number of nitrogens with one attached hydrogen (secondary N) is 1. The summed E-state index contributed by atoms with van der Waals surface area (Å²) in [5, 5.41) is 3.04. The zero-order valence-electron chi connectivity index (χ0n) is 14.2. The number of rotatable bonds is 4. The van der Waals surface area contributed by atoms with E-state index in [-0.39, 0.29) is 11.6 Å². The van der Waals surface area contributed by atoms with Crippen LogP contribution in [0.3, 0.4) is 0 Å². The van der Waals surface area contributed by atoms with Crippen LogP contribution in [0.5, 0.6) is 5.75 Å². The summed E-state index contributed by atoms with van der Waals surface area (Å²) in [6.45, 7) is 1.91. The van der Waals surface area contributed by atoms with Crippen LogP contribution in [0.15, 0.2) is 36.4 Å². The molecule has 1 unspecified atom stereocenters. The quantitative estimate of drug-likeness (QED) is 0.767. The Kier molecular flexibility index (Phi) is 4.65. The summed E-state index contributed by atoms with van der Waals surface area (Å²) in [7, 11) is 1.48. The van der Waals surface area contributed by atoms with Crippen molar-refractivity contribution in [2.45, 2.75) is 31.4 Å². The van der Waals surface area contributed by atoms with Gasteiger partial charge in [0.25, 0.3) is 0 Å². The zero-order chi connectivity index (χ0) is 19.1. The van der Waals surface area contributed by atoms with E-state index in [2.05, 4.69) is 5.32 Å². The monoisotopic (exact) mass is 383 g/mol. The molecule has 0 saturated heterocycles. The molecule has 26 heavy (non-hydrogen) atoms. The SMILES string of the molecule is CCCC1(c2cc(Cl)ccc2OC)C(=O)Nc2cc(C(F)(F)F)ccc21. The Hall–Kier alpha value is -2.21. The topological polar surface area (TPSA) is 38.3 Å². The van der Waals surface area contributed by atoms with Crippen LogP contribution in [0.25, 0.3) is 0 Å². The standard InChI is InChI=1S/C19H17ClF3NO2/c1-3-8-18(14-10-12(20)5-7-16(14)26-2)13-6-4-11(19(21,22)23)9-15(13)24-17(18)25/h4-7,9-10H,3,8H2,1-2H3,(H,24,25). The molecule has 1 atom stereocenters. The predicted octanol–water partition coefficient (Wildman–Crippen LogP) is 5.41. The average molecular weight is 384 g/mol. The molecule has 7 heteroatoms. The maximum atomic E-state index is 13.0. The summed E-state index contributed by atoms with van der Waals surface area (Å²) in [6, 6.07) is 8.28. The molecule has 2 aromatic rings. The lowest BCUT2D eigenvalue weighted by molar-refractivity contribution is -0.137. The summed E-state index contributed by atoms with van der Waals surface area (Å²) in [6.07, 6.45) is -3.43. The van der Waals surface area contributed by atoms with Crippen molar-refractivity contribution in [3.63, 3.8) is 0 Å². The van der Waals surface area contributed by atoms with Gasteiger partial charge < -0.3 is 10.1 Å². The minimum atomic E-state index is -4.48. The Balaban J connectivity index is 2.27. The van der Waals surface area contributed by atoms with E-state index in [0.717, 1.165) is 12.1 Å². The van der Waals surface area contributed by atoms with Crippen molar-refractivity contribution in [3.05, 3.63) is 58.1 Å². The lowest BCUT2D eigenvalue weighted by Gasteiger charge is -2.29. The van der Waals surface area contributed by atoms with Crippen LogP contribution in [0, 0.1) is 0 Å². The van der Waals surface area contributed by atoms with E-state index >= 15 is 0 Å². The van der Waals surface area contributed by atoms with Gasteiger partial charge in [0, 0.05) is 16.3 Å². The number of hydrogen-bond acceptors (Lipinski definition) is 2. The van der Waals surface area contributed by atoms with Crippen molar-refractivity contribution in [1.82, 2.24) is 0 Å². The van der Waals surface area contributed by atoms with Crippen molar-refractivity contribution < 1.29 is 22.7 Å². The summed E-state index contributed by atoms with van der Waals surface area (Å²) >= 11 is 6.14. The number of hydrogen-bond donors (Lipinski definition) is 1. The highest BCUT2D eigenvalue weighted by Crippen LogP contribution is 2.50. The van der Waals surface area contributed by atoms with Gasteiger partial charge in [-0.05, 0) is 42.3 Å². The van der Waals surface area contributed by atoms with Crippen LogP contribution in [0.2, 0.25) is 5.02 Å². The van der Waals surface area contributed by atoms with E-state index in [1.807, 2.05) is 6.92 Å². The fourth-order valence-electron chi connectivity index (χ4n) is 3.59. The van der Waals surface area contributed by atoms with Gasteiger partial charge in [0.05, 0.1) is 12.7 Å². The highest BCUT2D eigenvalue weighted by Gasteiger charge is 2.49. The number of anilines is 1. The maximum Gasteiger partial charge on any atom is 0.416 e. The number of fused-ring (bicyclic) bond motifs is 1. The van der Waals surface area contributed by atoms with Crippen molar-refractivity contribution in [3.8, 4) is 5.75 Å². The van der Waals surface area contributed by atoms with Gasteiger partial charge >= 0.3 is 6.18 Å². The average Bonchev–Trinajstić information content (AvgIpc) is 2.86. The summed E-state index contributed by atoms with van der Waals surface area (Å²) in [5.41, 5.74) is -0.741. The van der Waals surface area contributed by atoms with Crippen molar-refractivity contribution in [1.29, 1.82) is 0 Å². The summed E-state index contributed by atoms with van der Waals surface area (Å²) in [5.74, 6) is 0.0833. The van der Waals surface area contributed by atoms with E-state index < -0.39 is 17.2 Å². The van der Waals surface area contributed by atoms with Gasteiger partial charge in [0.15, 0.2) is 0 Å². The molecule has 1 amide bonds. The third kappa shape index (κ3) is 2.82. The molecular formula is C19H17ClF3NO2. The fraction of sp³-hybridized carbons (Fsp3) is 0.316. The lowest BCUT2D eigenvalue weighted by Crippen LogP contribution is -2.36. The molecule has 1 heterocycles. The molecule has 0 fully saturated rings. The number of halogens is 4. The molecule has 1 N–H and O–H groups in total. The Morgan fingerprint density at radius 3 is 2.50 bits per heavy atom. The number of carbonyl (C=O) groups is 1. The van der Waals surface area contributed by atoms with Crippen LogP contribution in [0.4, 0.5) is 18.9 Å². The molecule has 0 saturated carbocycles. The van der Waals surface area contributed by atoms with Crippen LogP contribution < -0.4 is 10.1 Å². The molecule has 2 aromatic carbocycles. The van der Waals surface area contributed by atoms with Gasteiger partial charge in [-0.1, -0.05) is 31.0 Å². The Labute approximate surface area is 154 Å². The molecular weight excluding hydrogens is 367 g/mol. The van der Waals surface area contributed by atoms with Gasteiger partial charge in [0.1, 0.15) is 11.2 Å². The number of alkyl halides is 3. The van der Waals surface area contributed by atoms with Gasteiger partial charge in [-0.3, -0.25) is 4.79 Å². The minimum absolute atomic E-state index is 0.167.